The summed E-state index contributed by atoms with van der Waals surface area (Å²) in [6, 6.07) is 5.07. The molecule has 4 rings (SSSR count). The Morgan fingerprint density at radius 2 is 1.97 bits per heavy atom. The number of carbonyl (C=O) groups excluding carboxylic acids is 1. The Labute approximate surface area is 173 Å². The van der Waals surface area contributed by atoms with Crippen molar-refractivity contribution in [2.45, 2.75) is 38.3 Å². The van der Waals surface area contributed by atoms with Crippen LogP contribution in [0.2, 0.25) is 0 Å². The van der Waals surface area contributed by atoms with Gasteiger partial charge < -0.3 is 10.2 Å². The average Bonchev–Trinajstić information content (AvgIpc) is 2.70. The molecule has 3 atom stereocenters. The van der Waals surface area contributed by atoms with Gasteiger partial charge in [0.2, 0.25) is 5.91 Å². The molecule has 1 aromatic heterocycles. The number of piperidine rings is 1. The van der Waals surface area contributed by atoms with Crippen molar-refractivity contribution < 1.29 is 13.6 Å². The van der Waals surface area contributed by atoms with Crippen LogP contribution in [-0.4, -0.2) is 65.0 Å². The first-order valence-corrected chi connectivity index (χ1v) is 10.1. The summed E-state index contributed by atoms with van der Waals surface area (Å²) in [5, 5.41) is 12.4. The smallest absolute Gasteiger partial charge is 0.272 e. The summed E-state index contributed by atoms with van der Waals surface area (Å²) in [5.41, 5.74) is 2.56. The Balaban J connectivity index is 1.50. The first kappa shape index (κ1) is 20.4. The number of carbonyl (C=O) groups is 1. The molecular weight excluding hydrogens is 390 g/mol. The number of fused-ring (bicyclic) bond motifs is 1. The number of anilines is 1. The largest absolute Gasteiger partial charge is 0.367 e. The second-order valence-corrected chi connectivity index (χ2v) is 8.39. The Morgan fingerprint density at radius 3 is 2.63 bits per heavy atom. The molecule has 3 heterocycles. The maximum absolute atomic E-state index is 13.1. The van der Waals surface area contributed by atoms with E-state index in [1.165, 1.54) is 4.90 Å². The van der Waals surface area contributed by atoms with Gasteiger partial charge in [0.05, 0.1) is 30.4 Å². The van der Waals surface area contributed by atoms with Crippen molar-refractivity contribution in [1.29, 1.82) is 5.26 Å². The third kappa shape index (κ3) is 3.92. The predicted octanol–water partition coefficient (Wildman–Crippen LogP) is 2.17. The minimum absolute atomic E-state index is 0.104. The molecule has 2 aromatic rings. The van der Waals surface area contributed by atoms with E-state index in [0.29, 0.717) is 29.1 Å². The molecule has 0 aliphatic carbocycles. The molecule has 2 saturated heterocycles. The van der Waals surface area contributed by atoms with E-state index in [4.69, 9.17) is 0 Å². The molecule has 2 aliphatic rings. The van der Waals surface area contributed by atoms with Crippen molar-refractivity contribution in [3.05, 3.63) is 30.1 Å². The molecule has 2 fully saturated rings. The SMILES string of the molecule is CC1CC(NC(=O)C(C)N2CC(F)(F)C2)CN(c2ccc(C#N)c3nccnc23)C1. The third-order valence-corrected chi connectivity index (χ3v) is 5.87. The molecule has 2 aliphatic heterocycles. The summed E-state index contributed by atoms with van der Waals surface area (Å²) in [6.07, 6.45) is 3.98. The summed E-state index contributed by atoms with van der Waals surface area (Å²) < 4.78 is 26.3. The molecule has 158 valence electrons. The number of hydrogen-bond acceptors (Lipinski definition) is 6. The van der Waals surface area contributed by atoms with Crippen LogP contribution in [0.1, 0.15) is 25.8 Å². The summed E-state index contributed by atoms with van der Waals surface area (Å²) in [5.74, 6) is -2.60. The number of nitrogens with zero attached hydrogens (tertiary/aromatic N) is 5. The number of aromatic nitrogens is 2. The second-order valence-electron chi connectivity index (χ2n) is 8.39. The quantitative estimate of drug-likeness (QED) is 0.826. The molecule has 1 amide bonds. The standard InChI is InChI=1S/C21H24F2N6O/c1-13-7-16(27-20(30)14(2)29-11-21(22,23)12-29)10-28(9-13)17-4-3-15(8-24)18-19(17)26-6-5-25-18/h3-6,13-14,16H,7,9-12H2,1-2H3,(H,27,30). The fourth-order valence-electron chi connectivity index (χ4n) is 4.35. The van der Waals surface area contributed by atoms with Crippen molar-refractivity contribution in [3.63, 3.8) is 0 Å². The third-order valence-electron chi connectivity index (χ3n) is 5.87. The van der Waals surface area contributed by atoms with Crippen molar-refractivity contribution in [2.24, 2.45) is 5.92 Å². The van der Waals surface area contributed by atoms with Crippen molar-refractivity contribution >= 4 is 22.6 Å². The van der Waals surface area contributed by atoms with Gasteiger partial charge in [0.25, 0.3) is 5.92 Å². The number of nitriles is 1. The number of rotatable bonds is 4. The fourth-order valence-corrected chi connectivity index (χ4v) is 4.35. The van der Waals surface area contributed by atoms with Crippen LogP contribution in [0.3, 0.4) is 0 Å². The van der Waals surface area contributed by atoms with Gasteiger partial charge in [0.1, 0.15) is 17.1 Å². The van der Waals surface area contributed by atoms with Gasteiger partial charge in [0, 0.05) is 31.5 Å². The summed E-state index contributed by atoms with van der Waals surface area (Å²) in [6.45, 7) is 4.41. The second kappa shape index (κ2) is 7.76. The highest BCUT2D eigenvalue weighted by Gasteiger charge is 2.47. The Morgan fingerprint density at radius 1 is 1.27 bits per heavy atom. The molecule has 30 heavy (non-hydrogen) atoms. The molecule has 0 radical (unpaired) electrons. The summed E-state index contributed by atoms with van der Waals surface area (Å²) in [7, 11) is 0. The van der Waals surface area contributed by atoms with Gasteiger partial charge in [-0.3, -0.25) is 19.7 Å². The van der Waals surface area contributed by atoms with Crippen LogP contribution in [0.5, 0.6) is 0 Å². The minimum atomic E-state index is -2.69. The summed E-state index contributed by atoms with van der Waals surface area (Å²) in [4.78, 5) is 25.0. The summed E-state index contributed by atoms with van der Waals surface area (Å²) >= 11 is 0. The molecule has 9 heteroatoms. The van der Waals surface area contributed by atoms with E-state index in [0.717, 1.165) is 18.7 Å². The number of alkyl halides is 2. The molecular formula is C21H24F2N6O. The molecule has 1 aromatic carbocycles. The van der Waals surface area contributed by atoms with E-state index >= 15 is 0 Å². The van der Waals surface area contributed by atoms with Crippen LogP contribution in [0.15, 0.2) is 24.5 Å². The van der Waals surface area contributed by atoms with Gasteiger partial charge in [-0.1, -0.05) is 6.92 Å². The topological polar surface area (TPSA) is 85.2 Å². The lowest BCUT2D eigenvalue weighted by molar-refractivity contribution is -0.156. The number of nitrogens with one attached hydrogen (secondary N) is 1. The van der Waals surface area contributed by atoms with Crippen molar-refractivity contribution in [3.8, 4) is 6.07 Å². The number of halogens is 2. The number of amides is 1. The highest BCUT2D eigenvalue weighted by Crippen LogP contribution is 2.31. The highest BCUT2D eigenvalue weighted by molar-refractivity contribution is 5.92. The molecule has 0 saturated carbocycles. The van der Waals surface area contributed by atoms with E-state index in [1.54, 1.807) is 25.4 Å². The van der Waals surface area contributed by atoms with E-state index in [-0.39, 0.29) is 25.0 Å². The van der Waals surface area contributed by atoms with Crippen molar-refractivity contribution in [2.75, 3.05) is 31.1 Å². The zero-order chi connectivity index (χ0) is 21.5. The van der Waals surface area contributed by atoms with Crippen LogP contribution in [0.4, 0.5) is 14.5 Å². The Hall–Kier alpha value is -2.86. The lowest BCUT2D eigenvalue weighted by atomic mass is 9.94. The number of hydrogen-bond donors (Lipinski definition) is 1. The van der Waals surface area contributed by atoms with Gasteiger partial charge >= 0.3 is 0 Å². The van der Waals surface area contributed by atoms with Crippen LogP contribution < -0.4 is 10.2 Å². The normalized spacial score (nSPS) is 24.7. The lowest BCUT2D eigenvalue weighted by Crippen LogP contribution is -2.63. The van der Waals surface area contributed by atoms with E-state index in [1.807, 2.05) is 6.07 Å². The monoisotopic (exact) mass is 414 g/mol. The Bertz CT molecular complexity index is 999. The fraction of sp³-hybridized carbons (Fsp3) is 0.524. The van der Waals surface area contributed by atoms with Gasteiger partial charge in [0.15, 0.2) is 0 Å². The lowest BCUT2D eigenvalue weighted by Gasteiger charge is -2.43. The van der Waals surface area contributed by atoms with E-state index < -0.39 is 12.0 Å². The molecule has 0 bridgehead atoms. The highest BCUT2D eigenvalue weighted by atomic mass is 19.3. The minimum Gasteiger partial charge on any atom is -0.367 e. The first-order valence-electron chi connectivity index (χ1n) is 10.1. The number of likely N-dealkylation sites (tertiary alicyclic amines) is 1. The van der Waals surface area contributed by atoms with Gasteiger partial charge in [-0.2, -0.15) is 5.26 Å². The van der Waals surface area contributed by atoms with E-state index in [2.05, 4.69) is 33.2 Å². The van der Waals surface area contributed by atoms with Gasteiger partial charge in [-0.05, 0) is 31.4 Å². The van der Waals surface area contributed by atoms with E-state index in [9.17, 15) is 18.8 Å². The van der Waals surface area contributed by atoms with Crippen LogP contribution >= 0.6 is 0 Å². The maximum atomic E-state index is 13.1. The zero-order valence-corrected chi connectivity index (χ0v) is 17.0. The van der Waals surface area contributed by atoms with Crippen LogP contribution in [0, 0.1) is 17.2 Å². The molecule has 3 unspecified atom stereocenters. The van der Waals surface area contributed by atoms with Gasteiger partial charge in [-0.15, -0.1) is 0 Å². The van der Waals surface area contributed by atoms with Gasteiger partial charge in [-0.25, -0.2) is 8.78 Å². The maximum Gasteiger partial charge on any atom is 0.272 e. The van der Waals surface area contributed by atoms with Crippen LogP contribution in [0.25, 0.3) is 11.0 Å². The molecule has 7 nitrogen and oxygen atoms in total. The van der Waals surface area contributed by atoms with Crippen molar-refractivity contribution in [1.82, 2.24) is 20.2 Å². The molecule has 1 N–H and O–H groups in total. The number of benzene rings is 1. The van der Waals surface area contributed by atoms with Crippen LogP contribution in [-0.2, 0) is 4.79 Å². The molecule has 0 spiro atoms. The first-order chi connectivity index (χ1) is 14.3. The zero-order valence-electron chi connectivity index (χ0n) is 17.0. The average molecular weight is 414 g/mol. The Kier molecular flexibility index (Phi) is 5.28. The predicted molar refractivity (Wildman–Crippen MR) is 108 cm³/mol.